The number of benzene rings is 14. The molecule has 0 amide bonds. The van der Waals surface area contributed by atoms with Crippen LogP contribution in [0.15, 0.2) is 431 Å². The Hall–Kier alpha value is -14.5. The first kappa shape index (κ1) is 86.3. The van der Waals surface area contributed by atoms with E-state index in [0.29, 0.717) is 0 Å². The van der Waals surface area contributed by atoms with E-state index in [4.69, 9.17) is 5.10 Å². The van der Waals surface area contributed by atoms with Crippen LogP contribution in [0.25, 0.3) is 134 Å². The maximum Gasteiger partial charge on any atom is 3.00 e. The standard InChI is InChI=1S/C23H19N2.2C21H15N2.C17H15N2.C17H12N.C12H10N.2Rh/c1-17-23(18(2)25(24-17)22-11-7-4-8-12-22)21-15-13-20(14-16-21)19-9-5-3-6-10-19;2*1-3-7-17(8-4-1)18-11-13-19(14-12-18)20-15-22-23(16-20)21-9-5-2-6-10-21;1-13-17(15-9-5-3-6-10-15)14(2)19(18-13)16-11-7-4-8-12-16;1-2-7-14(8-3-1)15-9-6-10-16(13-15)17-11-4-5-12-18-17;1-10-5-4-6-11(9-10)12-7-2-3-8-13-12;;/h3-11,13-16H,1-2H3;2*1-9,11-16H;3-11H,1-2H3;1-9,11-13H;2-5,7-9H,1H3;;/q6*-1;2*+3. The number of aromatic nitrogens is 10. The average molecular weight is 1770 g/mol. The minimum Gasteiger partial charge on any atom is -0.305 e. The van der Waals surface area contributed by atoms with Crippen LogP contribution in [0.3, 0.4) is 0 Å². The Labute approximate surface area is 747 Å². The topological polar surface area (TPSA) is 97.1 Å². The van der Waals surface area contributed by atoms with E-state index in [-0.39, 0.29) is 39.0 Å². The second-order valence-corrected chi connectivity index (χ2v) is 28.5. The minimum atomic E-state index is 0. The molecule has 20 rings (SSSR count). The molecule has 0 spiro atoms. The minimum absolute atomic E-state index is 0. The normalized spacial score (nSPS) is 10.3. The van der Waals surface area contributed by atoms with Crippen molar-refractivity contribution in [3.8, 4) is 134 Å². The van der Waals surface area contributed by atoms with Gasteiger partial charge in [0.05, 0.1) is 23.8 Å². The molecule has 0 aliphatic carbocycles. The monoisotopic (exact) mass is 1760 g/mol. The first-order valence-electron chi connectivity index (χ1n) is 40.1. The molecule has 123 heavy (non-hydrogen) atoms. The predicted octanol–water partition coefficient (Wildman–Crippen LogP) is 26.7. The van der Waals surface area contributed by atoms with Crippen molar-refractivity contribution in [1.82, 2.24) is 49.1 Å². The van der Waals surface area contributed by atoms with Crippen molar-refractivity contribution in [3.63, 3.8) is 0 Å². The largest absolute Gasteiger partial charge is 3.00 e. The molecule has 0 bridgehead atoms. The van der Waals surface area contributed by atoms with Gasteiger partial charge in [-0.1, -0.05) is 256 Å². The second kappa shape index (κ2) is 43.4. The quantitative estimate of drug-likeness (QED) is 0.0795. The summed E-state index contributed by atoms with van der Waals surface area (Å²) in [5.41, 5.74) is 32.5. The summed E-state index contributed by atoms with van der Waals surface area (Å²) < 4.78 is 7.62. The summed E-state index contributed by atoms with van der Waals surface area (Å²) in [5, 5.41) is 18.2. The van der Waals surface area contributed by atoms with E-state index >= 15 is 0 Å². The van der Waals surface area contributed by atoms with Crippen LogP contribution >= 0.6 is 0 Å². The number of aryl methyl sites for hydroxylation is 3. The van der Waals surface area contributed by atoms with Crippen LogP contribution in [0.2, 0.25) is 0 Å². The molecule has 0 saturated carbocycles. The molecule has 0 aliphatic heterocycles. The van der Waals surface area contributed by atoms with Gasteiger partial charge in [0.1, 0.15) is 0 Å². The summed E-state index contributed by atoms with van der Waals surface area (Å²) in [5.74, 6) is 0. The van der Waals surface area contributed by atoms with Crippen LogP contribution in [0.4, 0.5) is 0 Å². The molecule has 0 atom stereocenters. The maximum absolute atomic E-state index is 4.72. The van der Waals surface area contributed by atoms with Gasteiger partial charge in [-0.25, -0.2) is 0 Å². The third-order valence-corrected chi connectivity index (χ3v) is 20.2. The first-order chi connectivity index (χ1) is 59.6. The molecule has 6 heterocycles. The Morgan fingerprint density at radius 1 is 0.236 bits per heavy atom. The summed E-state index contributed by atoms with van der Waals surface area (Å²) in [6.07, 6.45) is 11.4. The van der Waals surface area contributed by atoms with Gasteiger partial charge in [-0.05, 0) is 135 Å². The van der Waals surface area contributed by atoms with E-state index in [1.54, 1.807) is 12.4 Å². The Balaban J connectivity index is 0.000000128. The van der Waals surface area contributed by atoms with Gasteiger partial charge in [0.25, 0.3) is 0 Å². The maximum atomic E-state index is 4.72. The number of rotatable bonds is 14. The van der Waals surface area contributed by atoms with Gasteiger partial charge < -0.3 is 9.97 Å². The van der Waals surface area contributed by atoms with E-state index in [9.17, 15) is 0 Å². The van der Waals surface area contributed by atoms with E-state index in [1.807, 2.05) is 238 Å². The zero-order valence-electron chi connectivity index (χ0n) is 68.6. The SMILES string of the molecule is Cc1cc[c-]c(-c2ccccn2)c1.Cc1nn(-c2[c-]cccc2)c(C)c1-c1ccc(-c2ccccc2)cc1.Cc1nn(-c2[c-]cccc2)c(C)c1-c1ccccc1.[Rh+3].[Rh+3].[c-]1ccc(-c2ccccc2)cc1-c1ccccn1.[c-]1ccccc1-n1cc(-c2ccc(-c3ccccc3)cc2)cn1.[c-]1ccccc1-n1cc(-c2ccc(-c3ccccc3)cc2)cn1. The van der Waals surface area contributed by atoms with Crippen LogP contribution in [0.5, 0.6) is 0 Å². The number of nitrogens with zero attached hydrogens (tertiary/aromatic N) is 10. The van der Waals surface area contributed by atoms with E-state index < -0.39 is 0 Å². The summed E-state index contributed by atoms with van der Waals surface area (Å²) in [6, 6.07) is 153. The number of pyridine rings is 2. The van der Waals surface area contributed by atoms with Crippen molar-refractivity contribution in [2.45, 2.75) is 34.6 Å². The molecule has 0 radical (unpaired) electrons. The fourth-order valence-corrected chi connectivity index (χ4v) is 14.1. The summed E-state index contributed by atoms with van der Waals surface area (Å²) >= 11 is 0. The summed E-state index contributed by atoms with van der Waals surface area (Å²) in [6.45, 7) is 10.4. The fourth-order valence-electron chi connectivity index (χ4n) is 14.1. The Kier molecular flexibility index (Phi) is 30.5. The molecule has 10 nitrogen and oxygen atoms in total. The van der Waals surface area contributed by atoms with Gasteiger partial charge in [-0.3, -0.25) is 18.7 Å². The predicted molar refractivity (Wildman–Crippen MR) is 494 cm³/mol. The molecule has 0 N–H and O–H groups in total. The molecule has 14 aromatic carbocycles. The van der Waals surface area contributed by atoms with E-state index in [1.165, 1.54) is 72.3 Å². The Morgan fingerprint density at radius 2 is 0.528 bits per heavy atom. The number of hydrogen-bond acceptors (Lipinski definition) is 6. The first-order valence-corrected chi connectivity index (χ1v) is 40.1. The second-order valence-electron chi connectivity index (χ2n) is 28.5. The van der Waals surface area contributed by atoms with Gasteiger partial charge in [0.2, 0.25) is 0 Å². The molecule has 0 saturated heterocycles. The molecule has 20 aromatic rings. The average Bonchev–Trinajstić information content (AvgIpc) is 1.63. The summed E-state index contributed by atoms with van der Waals surface area (Å²) in [7, 11) is 0. The number of hydrogen-bond donors (Lipinski definition) is 0. The van der Waals surface area contributed by atoms with Crippen LogP contribution in [0, 0.1) is 71.0 Å². The van der Waals surface area contributed by atoms with Crippen LogP contribution in [0.1, 0.15) is 28.3 Å². The van der Waals surface area contributed by atoms with Gasteiger partial charge in [-0.15, -0.1) is 95.1 Å². The van der Waals surface area contributed by atoms with Crippen molar-refractivity contribution in [1.29, 1.82) is 0 Å². The van der Waals surface area contributed by atoms with Crippen molar-refractivity contribution < 1.29 is 39.0 Å². The summed E-state index contributed by atoms with van der Waals surface area (Å²) in [4.78, 5) is 8.61. The van der Waals surface area contributed by atoms with Gasteiger partial charge in [-0.2, -0.15) is 117 Å². The molecule has 12 heteroatoms. The zero-order chi connectivity index (χ0) is 82.7. The number of para-hydroxylation sites is 4. The van der Waals surface area contributed by atoms with Crippen molar-refractivity contribution in [3.05, 3.63) is 496 Å². The molecule has 6 aromatic heterocycles. The van der Waals surface area contributed by atoms with Crippen molar-refractivity contribution >= 4 is 0 Å². The van der Waals surface area contributed by atoms with E-state index in [0.717, 1.165) is 90.3 Å². The molecule has 598 valence electrons. The van der Waals surface area contributed by atoms with Crippen molar-refractivity contribution in [2.24, 2.45) is 0 Å². The smallest absolute Gasteiger partial charge is 0.305 e. The zero-order valence-corrected chi connectivity index (χ0v) is 71.9. The van der Waals surface area contributed by atoms with Gasteiger partial charge >= 0.3 is 39.0 Å². The van der Waals surface area contributed by atoms with Gasteiger partial charge in [0, 0.05) is 58.4 Å². The molecule has 0 fully saturated rings. The molecule has 0 unspecified atom stereocenters. The van der Waals surface area contributed by atoms with Crippen LogP contribution in [-0.2, 0) is 39.0 Å². The Morgan fingerprint density at radius 3 is 0.870 bits per heavy atom. The van der Waals surface area contributed by atoms with Gasteiger partial charge in [0.15, 0.2) is 0 Å². The fraction of sp³-hybridized carbons (Fsp3) is 0.0450. The third-order valence-electron chi connectivity index (χ3n) is 20.2. The molecule has 0 aliphatic rings. The van der Waals surface area contributed by atoms with Crippen molar-refractivity contribution in [2.75, 3.05) is 0 Å². The molecular formula is C111H86N10Rh2. The third kappa shape index (κ3) is 22.7. The van der Waals surface area contributed by atoms with Crippen LogP contribution < -0.4 is 0 Å². The van der Waals surface area contributed by atoms with E-state index in [2.05, 4.69) is 296 Å². The molecular weight excluding hydrogens is 1680 g/mol. The van der Waals surface area contributed by atoms with Crippen LogP contribution in [-0.4, -0.2) is 49.1 Å². The Bertz CT molecular complexity index is 6330.